The van der Waals surface area contributed by atoms with Crippen LogP contribution >= 0.6 is 0 Å². The first-order valence-electron chi connectivity index (χ1n) is 2.99. The van der Waals surface area contributed by atoms with Crippen molar-refractivity contribution in [3.8, 4) is 0 Å². The van der Waals surface area contributed by atoms with Crippen molar-refractivity contribution in [1.82, 2.24) is 5.32 Å². The predicted molar refractivity (Wildman–Crippen MR) is 36.5 cm³/mol. The molecular weight excluding hydrogens is 116 g/mol. The van der Waals surface area contributed by atoms with E-state index in [9.17, 15) is 0 Å². The molecule has 0 radical (unpaired) electrons. The molecule has 1 aliphatic heterocycles. The smallest absolute Gasteiger partial charge is 0.171 e. The Labute approximate surface area is 55.1 Å². The number of rotatable bonds is 1. The Morgan fingerprint density at radius 3 is 2.56 bits per heavy atom. The largest absolute Gasteiger partial charge is 0.367 e. The van der Waals surface area contributed by atoms with Crippen LogP contribution in [0, 0.1) is 0 Å². The van der Waals surface area contributed by atoms with Crippen molar-refractivity contribution in [2.45, 2.75) is 25.6 Å². The molecule has 9 heavy (non-hydrogen) atoms. The summed E-state index contributed by atoms with van der Waals surface area (Å²) in [5.41, 5.74) is -0.0330. The van der Waals surface area contributed by atoms with Crippen molar-refractivity contribution in [2.24, 2.45) is 4.99 Å². The van der Waals surface area contributed by atoms with Crippen LogP contribution in [0.5, 0.6) is 0 Å². The average molecular weight is 128 g/mol. The highest BCUT2D eigenvalue weighted by Gasteiger charge is 2.31. The van der Waals surface area contributed by atoms with Crippen LogP contribution in [0.4, 0.5) is 0 Å². The van der Waals surface area contributed by atoms with E-state index >= 15 is 0 Å². The van der Waals surface area contributed by atoms with E-state index in [-0.39, 0.29) is 11.8 Å². The Kier molecular flexibility index (Phi) is 1.45. The number of nitrogens with zero attached hydrogens (tertiary/aromatic N) is 1. The van der Waals surface area contributed by atoms with E-state index in [1.165, 1.54) is 0 Å². The fraction of sp³-hybridized carbons (Fsp3) is 0.833. The number of methoxy groups -OCH3 is 1. The maximum atomic E-state index is 5.07. The lowest BCUT2D eigenvalue weighted by atomic mass is 10.1. The second-order valence-corrected chi connectivity index (χ2v) is 2.73. The van der Waals surface area contributed by atoms with E-state index in [0.717, 1.165) is 0 Å². The first kappa shape index (κ1) is 6.55. The van der Waals surface area contributed by atoms with Gasteiger partial charge in [0.25, 0.3) is 0 Å². The third-order valence-electron chi connectivity index (χ3n) is 1.49. The van der Waals surface area contributed by atoms with E-state index in [4.69, 9.17) is 4.74 Å². The summed E-state index contributed by atoms with van der Waals surface area (Å²) in [6.45, 7) is 4.10. The molecule has 0 saturated carbocycles. The van der Waals surface area contributed by atoms with Gasteiger partial charge in [-0.15, -0.1) is 0 Å². The molecule has 0 saturated heterocycles. The molecule has 1 rings (SSSR count). The quantitative estimate of drug-likeness (QED) is 0.553. The van der Waals surface area contributed by atoms with Crippen LogP contribution in [0.2, 0.25) is 0 Å². The topological polar surface area (TPSA) is 33.6 Å². The van der Waals surface area contributed by atoms with E-state index in [0.29, 0.717) is 0 Å². The van der Waals surface area contributed by atoms with Gasteiger partial charge in [-0.1, -0.05) is 0 Å². The molecule has 1 unspecified atom stereocenters. The van der Waals surface area contributed by atoms with Gasteiger partial charge in [0.1, 0.15) is 0 Å². The van der Waals surface area contributed by atoms with Gasteiger partial charge >= 0.3 is 0 Å². The zero-order valence-electron chi connectivity index (χ0n) is 6.01. The van der Waals surface area contributed by atoms with Crippen LogP contribution in [0.3, 0.4) is 0 Å². The molecule has 0 amide bonds. The Morgan fingerprint density at radius 1 is 1.67 bits per heavy atom. The summed E-state index contributed by atoms with van der Waals surface area (Å²) < 4.78 is 5.07. The Bertz CT molecular complexity index is 131. The van der Waals surface area contributed by atoms with Crippen LogP contribution < -0.4 is 5.32 Å². The van der Waals surface area contributed by atoms with Crippen LogP contribution in [0.25, 0.3) is 0 Å². The summed E-state index contributed by atoms with van der Waals surface area (Å²) in [7, 11) is 1.66. The molecule has 1 heterocycles. The molecule has 0 aromatic heterocycles. The van der Waals surface area contributed by atoms with Gasteiger partial charge in [-0.25, -0.2) is 4.99 Å². The molecule has 0 spiro atoms. The van der Waals surface area contributed by atoms with Crippen LogP contribution in [0.1, 0.15) is 13.8 Å². The number of ether oxygens (including phenoxy) is 1. The molecule has 1 N–H and O–H groups in total. The molecule has 0 aromatic carbocycles. The molecule has 1 atom stereocenters. The zero-order chi connectivity index (χ0) is 6.91. The minimum Gasteiger partial charge on any atom is -0.367 e. The van der Waals surface area contributed by atoms with E-state index in [1.54, 1.807) is 13.4 Å². The fourth-order valence-electron chi connectivity index (χ4n) is 0.884. The second-order valence-electron chi connectivity index (χ2n) is 2.73. The maximum absolute atomic E-state index is 5.07. The minimum absolute atomic E-state index is 0.0301. The highest BCUT2D eigenvalue weighted by atomic mass is 16.5. The summed E-state index contributed by atoms with van der Waals surface area (Å²) in [5.74, 6) is 0. The van der Waals surface area contributed by atoms with Crippen molar-refractivity contribution >= 4 is 6.34 Å². The lowest BCUT2D eigenvalue weighted by Gasteiger charge is -2.23. The summed E-state index contributed by atoms with van der Waals surface area (Å²) in [5, 5.41) is 3.08. The Morgan fingerprint density at radius 2 is 2.33 bits per heavy atom. The van der Waals surface area contributed by atoms with E-state index in [1.807, 2.05) is 13.8 Å². The third-order valence-corrected chi connectivity index (χ3v) is 1.49. The molecule has 0 aliphatic carbocycles. The van der Waals surface area contributed by atoms with Gasteiger partial charge in [0.15, 0.2) is 6.23 Å². The average Bonchev–Trinajstić information content (AvgIpc) is 2.08. The maximum Gasteiger partial charge on any atom is 0.171 e. The molecular formula is C6H12N2O. The lowest BCUT2D eigenvalue weighted by molar-refractivity contribution is 0.0594. The van der Waals surface area contributed by atoms with Crippen molar-refractivity contribution in [3.05, 3.63) is 0 Å². The summed E-state index contributed by atoms with van der Waals surface area (Å²) in [4.78, 5) is 4.05. The van der Waals surface area contributed by atoms with Gasteiger partial charge < -0.3 is 10.1 Å². The second kappa shape index (κ2) is 1.99. The first-order valence-corrected chi connectivity index (χ1v) is 2.99. The molecule has 52 valence electrons. The SMILES string of the molecule is COC1N=CNC1(C)C. The summed E-state index contributed by atoms with van der Waals surface area (Å²) in [6.07, 6.45) is 1.66. The molecule has 3 nitrogen and oxygen atoms in total. The van der Waals surface area contributed by atoms with Crippen molar-refractivity contribution in [2.75, 3.05) is 7.11 Å². The number of aliphatic imine (C=N–C) groups is 1. The van der Waals surface area contributed by atoms with Gasteiger partial charge in [0, 0.05) is 7.11 Å². The molecule has 0 bridgehead atoms. The third kappa shape index (κ3) is 1.05. The van der Waals surface area contributed by atoms with Crippen molar-refractivity contribution < 1.29 is 4.74 Å². The highest BCUT2D eigenvalue weighted by Crippen LogP contribution is 2.15. The Balaban J connectivity index is 2.60. The van der Waals surface area contributed by atoms with Gasteiger partial charge in [0.2, 0.25) is 0 Å². The zero-order valence-corrected chi connectivity index (χ0v) is 6.01. The van der Waals surface area contributed by atoms with E-state index in [2.05, 4.69) is 10.3 Å². The normalized spacial score (nSPS) is 30.3. The number of hydrogen-bond acceptors (Lipinski definition) is 3. The summed E-state index contributed by atoms with van der Waals surface area (Å²) in [6, 6.07) is 0. The number of nitrogens with one attached hydrogen (secondary N) is 1. The van der Waals surface area contributed by atoms with Gasteiger partial charge in [-0.3, -0.25) is 0 Å². The first-order chi connectivity index (χ1) is 4.17. The van der Waals surface area contributed by atoms with Crippen LogP contribution in [-0.2, 0) is 4.74 Å². The molecule has 1 aliphatic rings. The Hall–Kier alpha value is -0.570. The van der Waals surface area contributed by atoms with Crippen LogP contribution in [0.15, 0.2) is 4.99 Å². The summed E-state index contributed by atoms with van der Waals surface area (Å²) >= 11 is 0. The van der Waals surface area contributed by atoms with Gasteiger partial charge in [0.05, 0.1) is 11.9 Å². The monoisotopic (exact) mass is 128 g/mol. The lowest BCUT2D eigenvalue weighted by Crippen LogP contribution is -2.43. The fourth-order valence-corrected chi connectivity index (χ4v) is 0.884. The van der Waals surface area contributed by atoms with Crippen molar-refractivity contribution in [3.63, 3.8) is 0 Å². The van der Waals surface area contributed by atoms with E-state index < -0.39 is 0 Å². The highest BCUT2D eigenvalue weighted by molar-refractivity contribution is 5.59. The van der Waals surface area contributed by atoms with Crippen molar-refractivity contribution in [1.29, 1.82) is 0 Å². The van der Waals surface area contributed by atoms with Gasteiger partial charge in [-0.05, 0) is 13.8 Å². The molecule has 0 aromatic rings. The molecule has 3 heteroatoms. The number of hydrogen-bond donors (Lipinski definition) is 1. The predicted octanol–water partition coefficient (Wildman–Crippen LogP) is 0.369. The standard InChI is InChI=1S/C6H12N2O/c1-6(2)5(9-3)7-4-8-6/h4-5H,1-3H3,(H,7,8). The molecule has 0 fully saturated rings. The van der Waals surface area contributed by atoms with Gasteiger partial charge in [-0.2, -0.15) is 0 Å². The minimum atomic E-state index is -0.0330. The van der Waals surface area contributed by atoms with Crippen LogP contribution in [-0.4, -0.2) is 25.2 Å².